The fraction of sp³-hybridized carbons (Fsp3) is 0.172. The monoisotopic (exact) mass is 495 g/mol. The van der Waals surface area contributed by atoms with E-state index < -0.39 is 0 Å². The number of nitrogens with zero attached hydrogens (tertiary/aromatic N) is 2. The van der Waals surface area contributed by atoms with Gasteiger partial charge in [0.1, 0.15) is 0 Å². The fourth-order valence-electron chi connectivity index (χ4n) is 4.38. The van der Waals surface area contributed by atoms with Crippen molar-refractivity contribution in [1.29, 1.82) is 0 Å². The van der Waals surface area contributed by atoms with E-state index in [1.165, 1.54) is 4.90 Å². The molecule has 0 saturated carbocycles. The summed E-state index contributed by atoms with van der Waals surface area (Å²) in [4.78, 5) is 43.2. The topological polar surface area (TPSA) is 97.8 Å². The molecule has 0 unspecified atom stereocenters. The Hall–Kier alpha value is -4.72. The van der Waals surface area contributed by atoms with Crippen molar-refractivity contribution in [3.8, 4) is 22.8 Å². The normalized spacial score (nSPS) is 13.2. The molecule has 1 N–H and O–H groups in total. The van der Waals surface area contributed by atoms with Crippen LogP contribution in [0.5, 0.6) is 11.5 Å². The van der Waals surface area contributed by atoms with E-state index in [1.54, 1.807) is 50.6 Å². The van der Waals surface area contributed by atoms with E-state index >= 15 is 0 Å². The molecule has 8 nitrogen and oxygen atoms in total. The highest BCUT2D eigenvalue weighted by molar-refractivity contribution is 6.13. The van der Waals surface area contributed by atoms with Crippen molar-refractivity contribution >= 4 is 34.3 Å². The molecule has 37 heavy (non-hydrogen) atoms. The number of fused-ring (bicyclic) bond motifs is 1. The first-order valence-corrected chi connectivity index (χ1v) is 11.8. The second-order valence-corrected chi connectivity index (χ2v) is 8.67. The number of aromatic nitrogens is 1. The van der Waals surface area contributed by atoms with Gasteiger partial charge in [0, 0.05) is 29.5 Å². The predicted molar refractivity (Wildman–Crippen MR) is 139 cm³/mol. The number of carbonyl (C=O) groups excluding carboxylic acids is 3. The number of pyridine rings is 1. The maximum Gasteiger partial charge on any atom is 0.256 e. The number of hydrogen-bond acceptors (Lipinski definition) is 6. The summed E-state index contributed by atoms with van der Waals surface area (Å²) in [6, 6.07) is 21.9. The van der Waals surface area contributed by atoms with Crippen LogP contribution in [0.15, 0.2) is 72.8 Å². The lowest BCUT2D eigenvalue weighted by molar-refractivity contribution is -0.139. The molecule has 1 saturated heterocycles. The van der Waals surface area contributed by atoms with Crippen molar-refractivity contribution in [2.45, 2.75) is 19.4 Å². The largest absolute Gasteiger partial charge is 0.493 e. The maximum absolute atomic E-state index is 13.4. The quantitative estimate of drug-likeness (QED) is 0.369. The van der Waals surface area contributed by atoms with E-state index in [0.29, 0.717) is 34.0 Å². The number of methoxy groups -OCH3 is 2. The van der Waals surface area contributed by atoms with Crippen molar-refractivity contribution in [3.05, 3.63) is 83.9 Å². The van der Waals surface area contributed by atoms with Gasteiger partial charge in [-0.05, 0) is 48.0 Å². The number of anilines is 1. The zero-order valence-electron chi connectivity index (χ0n) is 20.5. The van der Waals surface area contributed by atoms with Gasteiger partial charge in [0.2, 0.25) is 11.8 Å². The van der Waals surface area contributed by atoms with Crippen LogP contribution in [0.4, 0.5) is 5.69 Å². The van der Waals surface area contributed by atoms with Crippen LogP contribution < -0.4 is 14.8 Å². The minimum absolute atomic E-state index is 0.155. The summed E-state index contributed by atoms with van der Waals surface area (Å²) in [5, 5.41) is 3.68. The zero-order chi connectivity index (χ0) is 25.9. The Morgan fingerprint density at radius 2 is 1.59 bits per heavy atom. The molecular weight excluding hydrogens is 470 g/mol. The highest BCUT2D eigenvalue weighted by atomic mass is 16.5. The van der Waals surface area contributed by atoms with Crippen LogP contribution >= 0.6 is 0 Å². The van der Waals surface area contributed by atoms with Crippen LogP contribution in [0.3, 0.4) is 0 Å². The van der Waals surface area contributed by atoms with Gasteiger partial charge in [-0.1, -0.05) is 30.3 Å². The third-order valence-corrected chi connectivity index (χ3v) is 6.35. The molecule has 1 aliphatic heterocycles. The van der Waals surface area contributed by atoms with E-state index in [-0.39, 0.29) is 37.1 Å². The summed E-state index contributed by atoms with van der Waals surface area (Å²) < 4.78 is 10.8. The highest BCUT2D eigenvalue weighted by Gasteiger charge is 2.28. The number of nitrogens with one attached hydrogen (secondary N) is 1. The Kier molecular flexibility index (Phi) is 6.55. The van der Waals surface area contributed by atoms with E-state index in [0.717, 1.165) is 16.5 Å². The van der Waals surface area contributed by atoms with Crippen LogP contribution in [0.2, 0.25) is 0 Å². The predicted octanol–water partition coefficient (Wildman–Crippen LogP) is 4.82. The molecule has 0 aliphatic carbocycles. The van der Waals surface area contributed by atoms with Crippen LogP contribution in [0.25, 0.3) is 22.2 Å². The Morgan fingerprint density at radius 1 is 0.892 bits per heavy atom. The maximum atomic E-state index is 13.4. The summed E-state index contributed by atoms with van der Waals surface area (Å²) in [5.41, 5.74) is 3.99. The molecule has 1 aliphatic rings. The Morgan fingerprint density at radius 3 is 2.30 bits per heavy atom. The third kappa shape index (κ3) is 4.86. The minimum Gasteiger partial charge on any atom is -0.493 e. The number of benzene rings is 3. The molecule has 0 bridgehead atoms. The lowest BCUT2D eigenvalue weighted by Crippen LogP contribution is -2.28. The van der Waals surface area contributed by atoms with Crippen LogP contribution in [-0.4, -0.2) is 41.8 Å². The van der Waals surface area contributed by atoms with E-state index in [9.17, 15) is 14.4 Å². The molecule has 0 atom stereocenters. The summed E-state index contributed by atoms with van der Waals surface area (Å²) in [6.45, 7) is 0.232. The molecular formula is C29H25N3O5. The van der Waals surface area contributed by atoms with Crippen LogP contribution in [-0.2, 0) is 16.1 Å². The summed E-state index contributed by atoms with van der Waals surface area (Å²) in [7, 11) is 3.15. The molecule has 1 fully saturated rings. The number of carbonyl (C=O) groups is 3. The molecule has 2 heterocycles. The lowest BCUT2D eigenvalue weighted by Gasteiger charge is -2.14. The first kappa shape index (κ1) is 24.0. The van der Waals surface area contributed by atoms with Crippen molar-refractivity contribution in [1.82, 2.24) is 9.88 Å². The van der Waals surface area contributed by atoms with E-state index in [4.69, 9.17) is 14.5 Å². The average Bonchev–Trinajstić information content (AvgIpc) is 3.25. The van der Waals surface area contributed by atoms with Crippen LogP contribution in [0, 0.1) is 0 Å². The number of rotatable bonds is 7. The second-order valence-electron chi connectivity index (χ2n) is 8.67. The van der Waals surface area contributed by atoms with Gasteiger partial charge in [0.25, 0.3) is 5.91 Å². The van der Waals surface area contributed by atoms with E-state index in [2.05, 4.69) is 5.32 Å². The van der Waals surface area contributed by atoms with Gasteiger partial charge in [0.15, 0.2) is 11.5 Å². The molecule has 1 aromatic heterocycles. The third-order valence-electron chi connectivity index (χ3n) is 6.35. The van der Waals surface area contributed by atoms with Gasteiger partial charge in [0.05, 0.1) is 37.5 Å². The molecule has 3 amide bonds. The molecule has 4 aromatic rings. The fourth-order valence-corrected chi connectivity index (χ4v) is 4.38. The Bertz CT molecular complexity index is 1500. The van der Waals surface area contributed by atoms with Crippen molar-refractivity contribution in [2.24, 2.45) is 0 Å². The lowest BCUT2D eigenvalue weighted by atomic mass is 10.0. The summed E-state index contributed by atoms with van der Waals surface area (Å²) in [6.07, 6.45) is 0.524. The van der Waals surface area contributed by atoms with Gasteiger partial charge in [-0.25, -0.2) is 4.98 Å². The van der Waals surface area contributed by atoms with E-state index in [1.807, 2.05) is 36.4 Å². The van der Waals surface area contributed by atoms with Gasteiger partial charge in [-0.2, -0.15) is 0 Å². The SMILES string of the molecule is COc1ccc(-c2cc(C(=O)Nc3ccc(CN4C(=O)CCC4=O)cc3)c3ccccc3n2)cc1OC. The second kappa shape index (κ2) is 10.1. The molecule has 0 radical (unpaired) electrons. The number of imide groups is 1. The minimum atomic E-state index is -0.280. The standard InChI is InChI=1S/C29H25N3O5/c1-36-25-12-9-19(15-26(25)37-2)24-16-22(21-5-3-4-6-23(21)31-24)29(35)30-20-10-7-18(8-11-20)17-32-27(33)13-14-28(32)34/h3-12,15-16H,13-14,17H2,1-2H3,(H,30,35). The number of hydrogen-bond donors (Lipinski definition) is 1. The van der Waals surface area contributed by atoms with Gasteiger partial charge >= 0.3 is 0 Å². The number of amides is 3. The Labute approximate surface area is 213 Å². The first-order chi connectivity index (χ1) is 18.0. The molecule has 3 aromatic carbocycles. The van der Waals surface area contributed by atoms with Crippen molar-refractivity contribution in [3.63, 3.8) is 0 Å². The summed E-state index contributed by atoms with van der Waals surface area (Å²) >= 11 is 0. The van der Waals surface area contributed by atoms with Gasteiger partial charge < -0.3 is 14.8 Å². The first-order valence-electron chi connectivity index (χ1n) is 11.8. The number of likely N-dealkylation sites (tertiary alicyclic amines) is 1. The van der Waals surface area contributed by atoms with Gasteiger partial charge in [-0.15, -0.1) is 0 Å². The zero-order valence-corrected chi connectivity index (χ0v) is 20.5. The molecule has 0 spiro atoms. The molecule has 5 rings (SSSR count). The van der Waals surface area contributed by atoms with Gasteiger partial charge in [-0.3, -0.25) is 19.3 Å². The van der Waals surface area contributed by atoms with Crippen LogP contribution in [0.1, 0.15) is 28.8 Å². The highest BCUT2D eigenvalue weighted by Crippen LogP contribution is 2.33. The number of ether oxygens (including phenoxy) is 2. The number of para-hydroxylation sites is 1. The average molecular weight is 496 g/mol. The molecule has 186 valence electrons. The van der Waals surface area contributed by atoms with Crippen molar-refractivity contribution < 1.29 is 23.9 Å². The molecule has 8 heteroatoms. The smallest absolute Gasteiger partial charge is 0.256 e. The summed E-state index contributed by atoms with van der Waals surface area (Å²) in [5.74, 6) is 0.581. The Balaban J connectivity index is 1.42. The van der Waals surface area contributed by atoms with Crippen molar-refractivity contribution in [2.75, 3.05) is 19.5 Å².